The van der Waals surface area contributed by atoms with Crippen molar-refractivity contribution in [1.29, 1.82) is 0 Å². The van der Waals surface area contributed by atoms with Gasteiger partial charge in [0, 0.05) is 6.61 Å². The second-order valence-corrected chi connectivity index (χ2v) is 7.07. The summed E-state index contributed by atoms with van der Waals surface area (Å²) in [4.78, 5) is 0. The third-order valence-corrected chi connectivity index (χ3v) is 5.80. The van der Waals surface area contributed by atoms with Crippen molar-refractivity contribution >= 4 is 11.6 Å². The van der Waals surface area contributed by atoms with Crippen LogP contribution in [0, 0.1) is 0 Å². The lowest BCUT2D eigenvalue weighted by Crippen LogP contribution is -2.28. The molecule has 1 saturated heterocycles. The molecule has 1 aromatic rings. The summed E-state index contributed by atoms with van der Waals surface area (Å²) < 4.78 is 5.87. The summed E-state index contributed by atoms with van der Waals surface area (Å²) in [6.07, 6.45) is 9.07. The van der Waals surface area contributed by atoms with Gasteiger partial charge in [0.25, 0.3) is 0 Å². The van der Waals surface area contributed by atoms with Gasteiger partial charge in [-0.05, 0) is 49.7 Å². The highest BCUT2D eigenvalue weighted by molar-refractivity contribution is 6.21. The third-order valence-electron chi connectivity index (χ3n) is 5.09. The van der Waals surface area contributed by atoms with E-state index in [1.54, 1.807) is 0 Å². The van der Waals surface area contributed by atoms with Crippen molar-refractivity contribution in [2.45, 2.75) is 68.8 Å². The fourth-order valence-electron chi connectivity index (χ4n) is 3.73. The van der Waals surface area contributed by atoms with Crippen molar-refractivity contribution < 1.29 is 4.74 Å². The second kappa shape index (κ2) is 6.07. The quantitative estimate of drug-likeness (QED) is 0.661. The van der Waals surface area contributed by atoms with Crippen LogP contribution in [0.15, 0.2) is 24.3 Å². The number of rotatable bonds is 3. The minimum atomic E-state index is -0.187. The molecule has 2 fully saturated rings. The van der Waals surface area contributed by atoms with Crippen molar-refractivity contribution in [3.8, 4) is 0 Å². The predicted octanol–water partition coefficient (Wildman–Crippen LogP) is 5.58. The molecule has 1 saturated carbocycles. The molecule has 0 radical (unpaired) electrons. The molecule has 0 bridgehead atoms. The summed E-state index contributed by atoms with van der Waals surface area (Å²) in [6, 6.07) is 9.01. The fourth-order valence-corrected chi connectivity index (χ4v) is 4.04. The summed E-state index contributed by atoms with van der Waals surface area (Å²) in [6.45, 7) is 2.99. The van der Waals surface area contributed by atoms with Crippen LogP contribution in [0.5, 0.6) is 0 Å². The molecule has 2 aliphatic rings. The maximum absolute atomic E-state index is 6.67. The molecule has 1 aromatic carbocycles. The molecule has 0 aromatic heterocycles. The van der Waals surface area contributed by atoms with Crippen molar-refractivity contribution in [2.75, 3.05) is 6.61 Å². The van der Waals surface area contributed by atoms with Crippen LogP contribution in [-0.4, -0.2) is 12.2 Å². The molecule has 1 nitrogen and oxygen atoms in total. The molecular weight excluding hydrogens is 268 g/mol. The summed E-state index contributed by atoms with van der Waals surface area (Å²) in [7, 11) is 0. The molecule has 1 heterocycles. The van der Waals surface area contributed by atoms with E-state index in [2.05, 4.69) is 31.2 Å². The lowest BCUT2D eigenvalue weighted by Gasteiger charge is -2.29. The van der Waals surface area contributed by atoms with Crippen molar-refractivity contribution in [1.82, 2.24) is 0 Å². The number of halogens is 1. The molecule has 2 unspecified atom stereocenters. The van der Waals surface area contributed by atoms with Crippen LogP contribution in [0.25, 0.3) is 0 Å². The van der Waals surface area contributed by atoms with E-state index in [1.807, 2.05) is 0 Å². The Balaban J connectivity index is 1.72. The van der Waals surface area contributed by atoms with Crippen molar-refractivity contribution in [3.05, 3.63) is 35.4 Å². The van der Waals surface area contributed by atoms with Crippen LogP contribution in [0.1, 0.15) is 74.3 Å². The summed E-state index contributed by atoms with van der Waals surface area (Å²) in [5, 5.41) is -0.0367. The summed E-state index contributed by atoms with van der Waals surface area (Å²) in [5.74, 6) is 0.768. The van der Waals surface area contributed by atoms with E-state index in [9.17, 15) is 0 Å². The van der Waals surface area contributed by atoms with Gasteiger partial charge in [-0.3, -0.25) is 0 Å². The van der Waals surface area contributed by atoms with Gasteiger partial charge in [0.15, 0.2) is 0 Å². The van der Waals surface area contributed by atoms with E-state index in [1.165, 1.54) is 43.2 Å². The molecule has 1 aliphatic heterocycles. The van der Waals surface area contributed by atoms with Gasteiger partial charge >= 0.3 is 0 Å². The average molecular weight is 293 g/mol. The van der Waals surface area contributed by atoms with Crippen molar-refractivity contribution in [2.24, 2.45) is 0 Å². The van der Waals surface area contributed by atoms with Crippen LogP contribution in [0.3, 0.4) is 0 Å². The zero-order valence-corrected chi connectivity index (χ0v) is 13.2. The highest BCUT2D eigenvalue weighted by Gasteiger charge is 2.38. The first kappa shape index (κ1) is 14.4. The van der Waals surface area contributed by atoms with E-state index in [0.717, 1.165) is 25.4 Å². The first-order valence-corrected chi connectivity index (χ1v) is 8.50. The van der Waals surface area contributed by atoms with Crippen LogP contribution in [0.4, 0.5) is 0 Å². The Morgan fingerprint density at radius 2 is 1.80 bits per heavy atom. The zero-order chi connectivity index (χ0) is 14.0. The van der Waals surface area contributed by atoms with Crippen LogP contribution in [0.2, 0.25) is 0 Å². The van der Waals surface area contributed by atoms with Crippen LogP contribution >= 0.6 is 11.6 Å². The summed E-state index contributed by atoms with van der Waals surface area (Å²) in [5.41, 5.74) is 2.51. The molecule has 3 rings (SSSR count). The van der Waals surface area contributed by atoms with Crippen molar-refractivity contribution in [3.63, 3.8) is 0 Å². The molecule has 1 aliphatic carbocycles. The van der Waals surface area contributed by atoms with Gasteiger partial charge in [0.05, 0.1) is 11.0 Å². The number of hydrogen-bond donors (Lipinski definition) is 0. The predicted molar refractivity (Wildman–Crippen MR) is 84.5 cm³/mol. The Bertz CT molecular complexity index is 427. The van der Waals surface area contributed by atoms with E-state index < -0.39 is 0 Å². The Morgan fingerprint density at radius 3 is 2.40 bits per heavy atom. The second-order valence-electron chi connectivity index (χ2n) is 6.63. The number of ether oxygens (including phenoxy) is 1. The molecule has 20 heavy (non-hydrogen) atoms. The summed E-state index contributed by atoms with van der Waals surface area (Å²) >= 11 is 6.67. The smallest absolute Gasteiger partial charge is 0.0872 e. The lowest BCUT2D eigenvalue weighted by molar-refractivity contribution is 0.0164. The molecule has 0 amide bonds. The van der Waals surface area contributed by atoms with Gasteiger partial charge in [-0.2, -0.15) is 0 Å². The first-order chi connectivity index (χ1) is 9.69. The van der Waals surface area contributed by atoms with Gasteiger partial charge in [-0.25, -0.2) is 0 Å². The van der Waals surface area contributed by atoms with Gasteiger partial charge in [0.2, 0.25) is 0 Å². The monoisotopic (exact) mass is 292 g/mol. The molecule has 0 N–H and O–H groups in total. The van der Waals surface area contributed by atoms with Gasteiger partial charge in [-0.15, -0.1) is 11.6 Å². The fraction of sp³-hybridized carbons (Fsp3) is 0.667. The molecule has 0 spiro atoms. The average Bonchev–Trinajstić information content (AvgIpc) is 2.96. The minimum Gasteiger partial charge on any atom is -0.373 e. The zero-order valence-electron chi connectivity index (χ0n) is 12.4. The van der Waals surface area contributed by atoms with E-state index in [0.29, 0.717) is 0 Å². The number of alkyl halides is 1. The SMILES string of the molecule is CC1(C(Cl)c2ccc(C3CCCCC3)cc2)CCCO1. The highest BCUT2D eigenvalue weighted by Crippen LogP contribution is 2.42. The molecule has 2 atom stereocenters. The minimum absolute atomic E-state index is 0.0367. The largest absolute Gasteiger partial charge is 0.373 e. The normalized spacial score (nSPS) is 29.5. The maximum Gasteiger partial charge on any atom is 0.0872 e. The Labute approximate surface area is 127 Å². The van der Waals surface area contributed by atoms with Crippen LogP contribution in [-0.2, 0) is 4.74 Å². The molecule has 110 valence electrons. The topological polar surface area (TPSA) is 9.23 Å². The highest BCUT2D eigenvalue weighted by atomic mass is 35.5. The number of benzene rings is 1. The van der Waals surface area contributed by atoms with E-state index in [4.69, 9.17) is 16.3 Å². The van der Waals surface area contributed by atoms with Gasteiger partial charge < -0.3 is 4.74 Å². The standard InChI is InChI=1S/C18H25ClO/c1-18(12-5-13-20-18)17(19)16-10-8-15(9-11-16)14-6-3-2-4-7-14/h8-11,14,17H,2-7,12-13H2,1H3. The Hall–Kier alpha value is -0.530. The molecule has 2 heteroatoms. The number of hydrogen-bond acceptors (Lipinski definition) is 1. The van der Waals surface area contributed by atoms with Gasteiger partial charge in [0.1, 0.15) is 0 Å². The van der Waals surface area contributed by atoms with Crippen LogP contribution < -0.4 is 0 Å². The first-order valence-electron chi connectivity index (χ1n) is 8.07. The Morgan fingerprint density at radius 1 is 1.10 bits per heavy atom. The Kier molecular flexibility index (Phi) is 4.37. The maximum atomic E-state index is 6.67. The lowest BCUT2D eigenvalue weighted by atomic mass is 9.83. The van der Waals surface area contributed by atoms with E-state index in [-0.39, 0.29) is 11.0 Å². The van der Waals surface area contributed by atoms with E-state index >= 15 is 0 Å². The third kappa shape index (κ3) is 2.89. The van der Waals surface area contributed by atoms with Gasteiger partial charge in [-0.1, -0.05) is 43.5 Å². The molecular formula is C18H25ClO.